The highest BCUT2D eigenvalue weighted by atomic mass is 16.5. The van der Waals surface area contributed by atoms with E-state index in [0.29, 0.717) is 25.9 Å². The van der Waals surface area contributed by atoms with Crippen molar-refractivity contribution < 1.29 is 24.5 Å². The largest absolute Gasteiger partial charge is 0.466 e. The van der Waals surface area contributed by atoms with E-state index in [2.05, 4.69) is 43.5 Å². The Bertz CT molecular complexity index is 1090. The normalized spacial score (nSPS) is 12.7. The topological polar surface area (TPSA) is 95.9 Å². The van der Waals surface area contributed by atoms with Crippen LogP contribution in [0.5, 0.6) is 0 Å². The van der Waals surface area contributed by atoms with Gasteiger partial charge in [0.15, 0.2) is 0 Å². The molecule has 3 N–H and O–H groups in total. The monoisotopic (exact) mass is 986 g/mol. The van der Waals surface area contributed by atoms with Crippen molar-refractivity contribution in [1.29, 1.82) is 0 Å². The van der Waals surface area contributed by atoms with Crippen molar-refractivity contribution in [2.45, 2.75) is 360 Å². The van der Waals surface area contributed by atoms with Crippen LogP contribution in [0.15, 0.2) is 24.3 Å². The number of ether oxygens (including phenoxy) is 1. The van der Waals surface area contributed by atoms with Crippen LogP contribution < -0.4 is 5.32 Å². The number of carbonyl (C=O) groups is 2. The summed E-state index contributed by atoms with van der Waals surface area (Å²) in [7, 11) is 0. The molecule has 414 valence electrons. The van der Waals surface area contributed by atoms with Gasteiger partial charge in [-0.05, 0) is 77.0 Å². The van der Waals surface area contributed by atoms with Crippen molar-refractivity contribution in [3.63, 3.8) is 0 Å². The van der Waals surface area contributed by atoms with Crippen molar-refractivity contribution in [3.05, 3.63) is 24.3 Å². The minimum atomic E-state index is -0.667. The van der Waals surface area contributed by atoms with Gasteiger partial charge in [0, 0.05) is 12.8 Å². The number of esters is 1. The molecule has 0 saturated carbocycles. The van der Waals surface area contributed by atoms with E-state index in [1.807, 2.05) is 0 Å². The first-order chi connectivity index (χ1) is 34.5. The predicted octanol–water partition coefficient (Wildman–Crippen LogP) is 19.8. The summed E-state index contributed by atoms with van der Waals surface area (Å²) in [5.74, 6) is -0.0353. The maximum atomic E-state index is 12.5. The molecule has 0 rings (SSSR count). The van der Waals surface area contributed by atoms with Gasteiger partial charge >= 0.3 is 5.97 Å². The molecular formula is C64H123NO5. The van der Waals surface area contributed by atoms with E-state index in [0.717, 1.165) is 44.9 Å². The first kappa shape index (κ1) is 68.3. The van der Waals surface area contributed by atoms with Gasteiger partial charge in [0.25, 0.3) is 0 Å². The van der Waals surface area contributed by atoms with Gasteiger partial charge < -0.3 is 20.3 Å². The maximum absolute atomic E-state index is 12.5. The van der Waals surface area contributed by atoms with Crippen LogP contribution in [-0.2, 0) is 14.3 Å². The summed E-state index contributed by atoms with van der Waals surface area (Å²) in [6.45, 7) is 4.96. The van der Waals surface area contributed by atoms with Gasteiger partial charge in [-0.2, -0.15) is 0 Å². The third-order valence-corrected chi connectivity index (χ3v) is 14.7. The van der Waals surface area contributed by atoms with Crippen molar-refractivity contribution in [3.8, 4) is 0 Å². The highest BCUT2D eigenvalue weighted by molar-refractivity contribution is 5.76. The number of aliphatic hydroxyl groups excluding tert-OH is 2. The first-order valence-electron chi connectivity index (χ1n) is 31.6. The molecule has 6 nitrogen and oxygen atoms in total. The van der Waals surface area contributed by atoms with Gasteiger partial charge in [0.2, 0.25) is 5.91 Å². The number of amides is 1. The summed E-state index contributed by atoms with van der Waals surface area (Å²) < 4.78 is 5.49. The lowest BCUT2D eigenvalue weighted by atomic mass is 10.0. The summed E-state index contributed by atoms with van der Waals surface area (Å²) in [6.07, 6.45) is 73.3. The van der Waals surface area contributed by atoms with Crippen molar-refractivity contribution in [2.75, 3.05) is 13.2 Å². The molecule has 70 heavy (non-hydrogen) atoms. The summed E-state index contributed by atoms with van der Waals surface area (Å²) in [6, 6.07) is -0.545. The van der Waals surface area contributed by atoms with Gasteiger partial charge in [0.1, 0.15) is 0 Å². The number of carbonyl (C=O) groups excluding carboxylic acids is 2. The molecule has 0 aromatic carbocycles. The smallest absolute Gasteiger partial charge is 0.305 e. The average Bonchev–Trinajstić information content (AvgIpc) is 3.36. The highest BCUT2D eigenvalue weighted by Crippen LogP contribution is 2.17. The lowest BCUT2D eigenvalue weighted by Gasteiger charge is -2.22. The molecule has 1 amide bonds. The number of nitrogens with one attached hydrogen (secondary N) is 1. The Labute approximate surface area is 437 Å². The van der Waals surface area contributed by atoms with E-state index in [1.165, 1.54) is 270 Å². The Morgan fingerprint density at radius 2 is 0.671 bits per heavy atom. The minimum absolute atomic E-state index is 0.00453. The van der Waals surface area contributed by atoms with Crippen LogP contribution in [0.1, 0.15) is 348 Å². The third kappa shape index (κ3) is 55.7. The second-order valence-corrected chi connectivity index (χ2v) is 21.7. The van der Waals surface area contributed by atoms with Crippen LogP contribution in [0, 0.1) is 0 Å². The molecule has 0 saturated heterocycles. The van der Waals surface area contributed by atoms with Crippen LogP contribution >= 0.6 is 0 Å². The fraction of sp³-hybridized carbons (Fsp3) is 0.906. The van der Waals surface area contributed by atoms with Gasteiger partial charge in [-0.25, -0.2) is 0 Å². The molecule has 0 aliphatic rings. The standard InChI is InChI=1S/C64H123NO5/c1-3-5-7-9-11-13-15-17-19-30-34-38-42-46-50-54-58-64(69)70-59-55-51-47-43-39-35-31-28-26-24-22-20-21-23-25-27-29-33-37-41-45-49-53-57-63(68)65-61(60-66)62(67)56-52-48-44-40-36-32-18-16-14-12-10-8-6-4-2/h19,23,25,30,61-62,66-67H,3-18,20-22,24,26-29,31-60H2,1-2H3,(H,65,68)/b25-23-,30-19-. The third-order valence-electron chi connectivity index (χ3n) is 14.7. The molecule has 0 aromatic heterocycles. The van der Waals surface area contributed by atoms with Crippen molar-refractivity contribution in [1.82, 2.24) is 5.32 Å². The molecule has 0 aliphatic carbocycles. The van der Waals surface area contributed by atoms with Crippen LogP contribution in [0.4, 0.5) is 0 Å². The Kier molecular flexibility index (Phi) is 58.5. The highest BCUT2D eigenvalue weighted by Gasteiger charge is 2.20. The van der Waals surface area contributed by atoms with Crippen LogP contribution in [-0.4, -0.2) is 47.4 Å². The Morgan fingerprint density at radius 3 is 1.01 bits per heavy atom. The Hall–Kier alpha value is -1.66. The number of aliphatic hydroxyl groups is 2. The molecule has 0 spiro atoms. The maximum Gasteiger partial charge on any atom is 0.305 e. The molecule has 0 heterocycles. The molecule has 0 radical (unpaired) electrons. The van der Waals surface area contributed by atoms with Crippen molar-refractivity contribution >= 4 is 11.9 Å². The fourth-order valence-electron chi connectivity index (χ4n) is 9.87. The lowest BCUT2D eigenvalue weighted by molar-refractivity contribution is -0.143. The second-order valence-electron chi connectivity index (χ2n) is 21.7. The molecule has 0 fully saturated rings. The zero-order valence-electron chi connectivity index (χ0n) is 47.3. The van der Waals surface area contributed by atoms with E-state index >= 15 is 0 Å². The Morgan fingerprint density at radius 1 is 0.386 bits per heavy atom. The predicted molar refractivity (Wildman–Crippen MR) is 306 cm³/mol. The van der Waals surface area contributed by atoms with Crippen LogP contribution in [0.25, 0.3) is 0 Å². The summed E-state index contributed by atoms with van der Waals surface area (Å²) >= 11 is 0. The summed E-state index contributed by atoms with van der Waals surface area (Å²) in [5.41, 5.74) is 0. The second kappa shape index (κ2) is 59.9. The molecule has 0 aliphatic heterocycles. The number of allylic oxidation sites excluding steroid dienone is 4. The minimum Gasteiger partial charge on any atom is -0.466 e. The summed E-state index contributed by atoms with van der Waals surface area (Å²) in [4.78, 5) is 24.5. The molecule has 0 bridgehead atoms. The van der Waals surface area contributed by atoms with Gasteiger partial charge in [-0.3, -0.25) is 9.59 Å². The fourth-order valence-corrected chi connectivity index (χ4v) is 9.87. The quantitative estimate of drug-likeness (QED) is 0.0321. The summed E-state index contributed by atoms with van der Waals surface area (Å²) in [5, 5.41) is 23.3. The zero-order chi connectivity index (χ0) is 50.7. The number of hydrogen-bond acceptors (Lipinski definition) is 5. The molecular weight excluding hydrogens is 863 g/mol. The molecule has 2 atom stereocenters. The molecule has 0 aromatic rings. The van der Waals surface area contributed by atoms with E-state index in [-0.39, 0.29) is 18.5 Å². The van der Waals surface area contributed by atoms with E-state index in [9.17, 15) is 19.8 Å². The van der Waals surface area contributed by atoms with Gasteiger partial charge in [-0.1, -0.05) is 282 Å². The SMILES string of the molecule is CCCCCCCCC/C=C\CCCCCCCC(=O)OCCCCCCCCCCCCCC/C=C\CCCCCCCCCC(=O)NC(CO)C(O)CCCCCCCCCCCCCCCC. The average molecular weight is 987 g/mol. The first-order valence-corrected chi connectivity index (χ1v) is 31.6. The molecule has 2 unspecified atom stereocenters. The van der Waals surface area contributed by atoms with Crippen LogP contribution in [0.3, 0.4) is 0 Å². The van der Waals surface area contributed by atoms with E-state index < -0.39 is 12.1 Å². The van der Waals surface area contributed by atoms with E-state index in [1.54, 1.807) is 0 Å². The van der Waals surface area contributed by atoms with Crippen LogP contribution in [0.2, 0.25) is 0 Å². The zero-order valence-corrected chi connectivity index (χ0v) is 47.3. The lowest BCUT2D eigenvalue weighted by Crippen LogP contribution is -2.45. The number of unbranched alkanes of at least 4 members (excludes halogenated alkanes) is 44. The molecule has 6 heteroatoms. The van der Waals surface area contributed by atoms with Gasteiger partial charge in [0.05, 0.1) is 25.4 Å². The van der Waals surface area contributed by atoms with Crippen molar-refractivity contribution in [2.24, 2.45) is 0 Å². The van der Waals surface area contributed by atoms with E-state index in [4.69, 9.17) is 4.74 Å². The number of rotatable bonds is 59. The van der Waals surface area contributed by atoms with Gasteiger partial charge in [-0.15, -0.1) is 0 Å². The number of hydrogen-bond donors (Lipinski definition) is 3. The Balaban J connectivity index is 3.40.